The van der Waals surface area contributed by atoms with Crippen LogP contribution in [0.5, 0.6) is 0 Å². The SMILES string of the molecule is Cc1cccc(CN2CCCN(Cc3ccc4ccccc4n3)CC2)n1. The molecule has 4 rings (SSSR count). The molecule has 1 fully saturated rings. The predicted molar refractivity (Wildman–Crippen MR) is 106 cm³/mol. The highest BCUT2D eigenvalue weighted by molar-refractivity contribution is 5.78. The van der Waals surface area contributed by atoms with E-state index in [-0.39, 0.29) is 0 Å². The standard InChI is InChI=1S/C22H26N4/c1-18-6-4-8-20(23-18)16-25-12-5-13-26(15-14-25)17-21-11-10-19-7-2-3-9-22(19)24-21/h2-4,6-11H,5,12-17H2,1H3. The molecule has 0 saturated carbocycles. The quantitative estimate of drug-likeness (QED) is 0.722. The second-order valence-electron chi connectivity index (χ2n) is 7.17. The number of aromatic nitrogens is 2. The Hall–Kier alpha value is -2.30. The molecule has 1 aliphatic rings. The van der Waals surface area contributed by atoms with Crippen LogP contribution in [0.15, 0.2) is 54.6 Å². The highest BCUT2D eigenvalue weighted by atomic mass is 15.2. The maximum Gasteiger partial charge on any atom is 0.0705 e. The van der Waals surface area contributed by atoms with E-state index >= 15 is 0 Å². The number of pyridine rings is 2. The first-order valence-corrected chi connectivity index (χ1v) is 9.48. The summed E-state index contributed by atoms with van der Waals surface area (Å²) in [4.78, 5) is 14.5. The van der Waals surface area contributed by atoms with Gasteiger partial charge in [0.2, 0.25) is 0 Å². The van der Waals surface area contributed by atoms with Crippen molar-refractivity contribution in [1.29, 1.82) is 0 Å². The van der Waals surface area contributed by atoms with Gasteiger partial charge in [0.1, 0.15) is 0 Å². The van der Waals surface area contributed by atoms with Gasteiger partial charge in [0.15, 0.2) is 0 Å². The number of hydrogen-bond acceptors (Lipinski definition) is 4. The van der Waals surface area contributed by atoms with Gasteiger partial charge in [0.05, 0.1) is 16.9 Å². The van der Waals surface area contributed by atoms with Gasteiger partial charge in [-0.15, -0.1) is 0 Å². The van der Waals surface area contributed by atoms with Crippen LogP contribution >= 0.6 is 0 Å². The molecule has 0 spiro atoms. The molecule has 1 saturated heterocycles. The van der Waals surface area contributed by atoms with Crippen molar-refractivity contribution >= 4 is 10.9 Å². The largest absolute Gasteiger partial charge is 0.296 e. The third-order valence-electron chi connectivity index (χ3n) is 5.05. The van der Waals surface area contributed by atoms with Crippen LogP contribution in [0.1, 0.15) is 23.5 Å². The first kappa shape index (κ1) is 17.1. The Labute approximate surface area is 155 Å². The minimum atomic E-state index is 0.932. The van der Waals surface area contributed by atoms with Gasteiger partial charge in [0, 0.05) is 37.3 Å². The van der Waals surface area contributed by atoms with Crippen molar-refractivity contribution in [3.8, 4) is 0 Å². The smallest absolute Gasteiger partial charge is 0.0705 e. The minimum absolute atomic E-state index is 0.932. The van der Waals surface area contributed by atoms with Gasteiger partial charge in [-0.2, -0.15) is 0 Å². The second kappa shape index (κ2) is 7.94. The maximum atomic E-state index is 4.83. The van der Waals surface area contributed by atoms with Crippen molar-refractivity contribution in [3.05, 3.63) is 71.7 Å². The van der Waals surface area contributed by atoms with E-state index in [1.165, 1.54) is 17.5 Å². The van der Waals surface area contributed by atoms with Gasteiger partial charge in [-0.1, -0.05) is 30.3 Å². The van der Waals surface area contributed by atoms with Gasteiger partial charge in [-0.3, -0.25) is 19.8 Å². The van der Waals surface area contributed by atoms with E-state index in [0.717, 1.165) is 56.2 Å². The zero-order valence-electron chi connectivity index (χ0n) is 15.4. The number of benzene rings is 1. The molecule has 0 bridgehead atoms. The van der Waals surface area contributed by atoms with Crippen LogP contribution in [0.4, 0.5) is 0 Å². The highest BCUT2D eigenvalue weighted by Crippen LogP contribution is 2.14. The number of aryl methyl sites for hydroxylation is 1. The molecule has 0 N–H and O–H groups in total. The molecule has 1 aromatic carbocycles. The topological polar surface area (TPSA) is 32.3 Å². The molecule has 3 aromatic rings. The summed E-state index contributed by atoms with van der Waals surface area (Å²) in [6.07, 6.45) is 1.19. The average molecular weight is 346 g/mol. The third kappa shape index (κ3) is 4.26. The van der Waals surface area contributed by atoms with Crippen molar-refractivity contribution < 1.29 is 0 Å². The van der Waals surface area contributed by atoms with Gasteiger partial charge in [-0.25, -0.2) is 0 Å². The third-order valence-corrected chi connectivity index (χ3v) is 5.05. The zero-order chi connectivity index (χ0) is 17.8. The molecular weight excluding hydrogens is 320 g/mol. The van der Waals surface area contributed by atoms with E-state index in [1.807, 2.05) is 0 Å². The molecule has 1 aliphatic heterocycles. The summed E-state index contributed by atoms with van der Waals surface area (Å²) < 4.78 is 0. The summed E-state index contributed by atoms with van der Waals surface area (Å²) in [5.41, 5.74) is 4.53. The van der Waals surface area contributed by atoms with Crippen molar-refractivity contribution in [1.82, 2.24) is 19.8 Å². The molecule has 0 unspecified atom stereocenters. The summed E-state index contributed by atoms with van der Waals surface area (Å²) in [6.45, 7) is 8.38. The Morgan fingerprint density at radius 1 is 0.731 bits per heavy atom. The summed E-state index contributed by atoms with van der Waals surface area (Å²) in [7, 11) is 0. The molecule has 134 valence electrons. The van der Waals surface area contributed by atoms with Gasteiger partial charge >= 0.3 is 0 Å². The highest BCUT2D eigenvalue weighted by Gasteiger charge is 2.16. The molecule has 0 atom stereocenters. The Morgan fingerprint density at radius 2 is 1.46 bits per heavy atom. The van der Waals surface area contributed by atoms with Crippen LogP contribution in [0, 0.1) is 6.92 Å². The molecule has 2 aromatic heterocycles. The van der Waals surface area contributed by atoms with Crippen LogP contribution in [0.25, 0.3) is 10.9 Å². The number of rotatable bonds is 4. The lowest BCUT2D eigenvalue weighted by Gasteiger charge is -2.21. The monoisotopic (exact) mass is 346 g/mol. The molecule has 0 radical (unpaired) electrons. The Kier molecular flexibility index (Phi) is 5.23. The lowest BCUT2D eigenvalue weighted by atomic mass is 10.2. The molecule has 3 heterocycles. The molecule has 4 heteroatoms. The molecule has 4 nitrogen and oxygen atoms in total. The first-order chi connectivity index (χ1) is 12.8. The Morgan fingerprint density at radius 3 is 2.23 bits per heavy atom. The lowest BCUT2D eigenvalue weighted by molar-refractivity contribution is 0.244. The van der Waals surface area contributed by atoms with Crippen molar-refractivity contribution in [2.24, 2.45) is 0 Å². The predicted octanol–water partition coefficient (Wildman–Crippen LogP) is 3.65. The number of fused-ring (bicyclic) bond motifs is 1. The van der Waals surface area contributed by atoms with E-state index < -0.39 is 0 Å². The summed E-state index contributed by atoms with van der Waals surface area (Å²) >= 11 is 0. The Bertz CT molecular complexity index is 877. The molecule has 26 heavy (non-hydrogen) atoms. The van der Waals surface area contributed by atoms with Crippen molar-refractivity contribution in [2.75, 3.05) is 26.2 Å². The van der Waals surface area contributed by atoms with Crippen molar-refractivity contribution in [2.45, 2.75) is 26.4 Å². The van der Waals surface area contributed by atoms with E-state index in [2.05, 4.69) is 76.3 Å². The first-order valence-electron chi connectivity index (χ1n) is 9.48. The minimum Gasteiger partial charge on any atom is -0.296 e. The number of hydrogen-bond donors (Lipinski definition) is 0. The summed E-state index contributed by atoms with van der Waals surface area (Å²) in [5.74, 6) is 0. The fourth-order valence-electron chi connectivity index (χ4n) is 3.68. The second-order valence-corrected chi connectivity index (χ2v) is 7.17. The Balaban J connectivity index is 1.37. The number of nitrogens with zero attached hydrogens (tertiary/aromatic N) is 4. The van der Waals surface area contributed by atoms with E-state index in [0.29, 0.717) is 0 Å². The van der Waals surface area contributed by atoms with Crippen LogP contribution in [0.3, 0.4) is 0 Å². The van der Waals surface area contributed by atoms with E-state index in [9.17, 15) is 0 Å². The van der Waals surface area contributed by atoms with Gasteiger partial charge in [-0.05, 0) is 50.7 Å². The van der Waals surface area contributed by atoms with E-state index in [4.69, 9.17) is 4.98 Å². The van der Waals surface area contributed by atoms with Crippen molar-refractivity contribution in [3.63, 3.8) is 0 Å². The van der Waals surface area contributed by atoms with Crippen LogP contribution in [0.2, 0.25) is 0 Å². The summed E-state index contributed by atoms with van der Waals surface area (Å²) in [6, 6.07) is 19.0. The number of para-hydroxylation sites is 1. The van der Waals surface area contributed by atoms with Gasteiger partial charge in [0.25, 0.3) is 0 Å². The molecule has 0 aliphatic carbocycles. The van der Waals surface area contributed by atoms with E-state index in [1.54, 1.807) is 0 Å². The lowest BCUT2D eigenvalue weighted by Crippen LogP contribution is -2.30. The fraction of sp³-hybridized carbons (Fsp3) is 0.364. The molecular formula is C22H26N4. The van der Waals surface area contributed by atoms with Crippen LogP contribution in [-0.4, -0.2) is 45.9 Å². The molecule has 0 amide bonds. The normalized spacial score (nSPS) is 16.7. The summed E-state index contributed by atoms with van der Waals surface area (Å²) in [5, 5.41) is 1.21. The van der Waals surface area contributed by atoms with Crippen LogP contribution < -0.4 is 0 Å². The fourth-order valence-corrected chi connectivity index (χ4v) is 3.68. The zero-order valence-corrected chi connectivity index (χ0v) is 15.4. The van der Waals surface area contributed by atoms with Crippen LogP contribution in [-0.2, 0) is 13.1 Å². The van der Waals surface area contributed by atoms with Gasteiger partial charge < -0.3 is 0 Å². The average Bonchev–Trinajstić information content (AvgIpc) is 2.87. The maximum absolute atomic E-state index is 4.83.